The number of carbonyl (C=O) groups is 1. The van der Waals surface area contributed by atoms with E-state index >= 15 is 0 Å². The summed E-state index contributed by atoms with van der Waals surface area (Å²) in [6, 6.07) is 15.3. The molecule has 0 fully saturated rings. The number of aryl methyl sites for hydroxylation is 2. The van der Waals surface area contributed by atoms with Gasteiger partial charge in [0.15, 0.2) is 17.3 Å². The molecule has 4 heterocycles. The summed E-state index contributed by atoms with van der Waals surface area (Å²) in [6.45, 7) is 5.12. The van der Waals surface area contributed by atoms with Crippen molar-refractivity contribution in [1.29, 1.82) is 5.26 Å². The van der Waals surface area contributed by atoms with Gasteiger partial charge in [0.2, 0.25) is 0 Å². The van der Waals surface area contributed by atoms with Gasteiger partial charge in [-0.2, -0.15) is 15.5 Å². The number of pyridine rings is 1. The number of aliphatic hydroxyl groups excluding tert-OH is 1. The number of nitrogens with one attached hydrogen (secondary N) is 1. The van der Waals surface area contributed by atoms with E-state index in [1.54, 1.807) is 19.4 Å². The van der Waals surface area contributed by atoms with Crippen LogP contribution in [0.15, 0.2) is 55.0 Å². The van der Waals surface area contributed by atoms with Gasteiger partial charge < -0.3 is 15.5 Å². The number of aliphatic hydroxyl groups is 1. The number of rotatable bonds is 5. The van der Waals surface area contributed by atoms with Crippen LogP contribution in [0.25, 0.3) is 22.7 Å². The number of fused-ring (bicyclic) bond motifs is 1. The van der Waals surface area contributed by atoms with Crippen LogP contribution in [-0.2, 0) is 4.79 Å². The van der Waals surface area contributed by atoms with Gasteiger partial charge in [-0.25, -0.2) is 14.6 Å². The average molecular weight is 498 g/mol. The average Bonchev–Trinajstić information content (AvgIpc) is 3.48. The standard InChI is InChI=1S/C24H21N9O.CH2O2/c1-14-12-33(31-20(14)11-25)24-18(16(3)34)6-9-23(28-24)32-13-26-19-10-17(5-7-21(19)32)27-22-8-4-15(2)29-30-22;2-1-3/h4-10,12-13,16,34H,1-3H3,(H,27,30);1H,(H,2,3). The van der Waals surface area contributed by atoms with Crippen molar-refractivity contribution in [1.82, 2.24) is 34.5 Å². The lowest BCUT2D eigenvalue weighted by atomic mass is 10.1. The highest BCUT2D eigenvalue weighted by molar-refractivity contribution is 5.82. The summed E-state index contributed by atoms with van der Waals surface area (Å²) < 4.78 is 3.39. The SMILES string of the molecule is Cc1ccc(Nc2ccc3c(c2)ncn3-c2ccc(C(C)O)c(-n3cc(C)c(C#N)n3)n2)nn1.O=CO. The van der Waals surface area contributed by atoms with Crippen molar-refractivity contribution in [2.24, 2.45) is 0 Å². The van der Waals surface area contributed by atoms with Crippen molar-refractivity contribution in [2.75, 3.05) is 5.32 Å². The lowest BCUT2D eigenvalue weighted by Gasteiger charge is -2.13. The minimum Gasteiger partial charge on any atom is -0.483 e. The second-order valence-electron chi connectivity index (χ2n) is 8.08. The number of nitriles is 1. The first-order chi connectivity index (χ1) is 17.8. The van der Waals surface area contributed by atoms with Crippen LogP contribution in [0.4, 0.5) is 11.5 Å². The molecular weight excluding hydrogens is 474 g/mol. The zero-order chi connectivity index (χ0) is 26.5. The van der Waals surface area contributed by atoms with E-state index in [1.165, 1.54) is 4.68 Å². The van der Waals surface area contributed by atoms with Crippen LogP contribution in [0.2, 0.25) is 0 Å². The molecule has 0 amide bonds. The van der Waals surface area contributed by atoms with E-state index in [0.29, 0.717) is 28.7 Å². The van der Waals surface area contributed by atoms with E-state index in [9.17, 15) is 10.4 Å². The third-order valence-electron chi connectivity index (χ3n) is 5.43. The third kappa shape index (κ3) is 5.26. The third-order valence-corrected chi connectivity index (χ3v) is 5.43. The molecule has 3 N–H and O–H groups in total. The van der Waals surface area contributed by atoms with Gasteiger partial charge in [0.25, 0.3) is 6.47 Å². The molecule has 4 aromatic heterocycles. The number of nitrogens with zero attached hydrogens (tertiary/aromatic N) is 8. The van der Waals surface area contributed by atoms with Gasteiger partial charge in [-0.15, -0.1) is 5.10 Å². The van der Waals surface area contributed by atoms with Crippen molar-refractivity contribution >= 4 is 29.0 Å². The minimum atomic E-state index is -0.760. The van der Waals surface area contributed by atoms with Crippen LogP contribution in [0.3, 0.4) is 0 Å². The highest BCUT2D eigenvalue weighted by Gasteiger charge is 2.17. The van der Waals surface area contributed by atoms with Gasteiger partial charge >= 0.3 is 0 Å². The molecule has 0 saturated heterocycles. The monoisotopic (exact) mass is 497 g/mol. The molecule has 12 nitrogen and oxygen atoms in total. The maximum atomic E-state index is 10.3. The minimum absolute atomic E-state index is 0.250. The number of anilines is 2. The Bertz CT molecular complexity index is 1600. The fraction of sp³-hybridized carbons (Fsp3) is 0.160. The van der Waals surface area contributed by atoms with Crippen LogP contribution in [-0.4, -0.2) is 51.2 Å². The molecular formula is C25H23N9O3. The fourth-order valence-corrected chi connectivity index (χ4v) is 3.66. The molecule has 0 bridgehead atoms. The lowest BCUT2D eigenvalue weighted by molar-refractivity contribution is -0.122. The zero-order valence-electron chi connectivity index (χ0n) is 20.2. The molecule has 37 heavy (non-hydrogen) atoms. The van der Waals surface area contributed by atoms with Crippen LogP contribution >= 0.6 is 0 Å². The van der Waals surface area contributed by atoms with Crippen molar-refractivity contribution in [3.05, 3.63) is 77.5 Å². The van der Waals surface area contributed by atoms with E-state index in [1.807, 2.05) is 60.9 Å². The largest absolute Gasteiger partial charge is 0.483 e. The van der Waals surface area contributed by atoms with Gasteiger partial charge in [0, 0.05) is 23.0 Å². The summed E-state index contributed by atoms with van der Waals surface area (Å²) in [5.41, 5.74) is 4.97. The Balaban J connectivity index is 0.00000102. The number of hydrogen-bond donors (Lipinski definition) is 3. The molecule has 0 aliphatic carbocycles. The molecule has 1 atom stereocenters. The molecule has 5 aromatic rings. The molecule has 0 radical (unpaired) electrons. The van der Waals surface area contributed by atoms with Crippen LogP contribution < -0.4 is 5.32 Å². The first kappa shape index (κ1) is 25.0. The number of imidazole rings is 1. The van der Waals surface area contributed by atoms with Crippen molar-refractivity contribution in [3.8, 4) is 17.7 Å². The smallest absolute Gasteiger partial charge is 0.290 e. The summed E-state index contributed by atoms with van der Waals surface area (Å²) in [7, 11) is 0. The van der Waals surface area contributed by atoms with Crippen molar-refractivity contribution < 1.29 is 15.0 Å². The first-order valence-corrected chi connectivity index (χ1v) is 11.1. The number of carboxylic acid groups (broad SMARTS) is 1. The second-order valence-corrected chi connectivity index (χ2v) is 8.08. The summed E-state index contributed by atoms with van der Waals surface area (Å²) >= 11 is 0. The Morgan fingerprint density at radius 1 is 1.14 bits per heavy atom. The summed E-state index contributed by atoms with van der Waals surface area (Å²) in [4.78, 5) is 17.7. The number of benzene rings is 1. The second kappa shape index (κ2) is 10.6. The van der Waals surface area contributed by atoms with Gasteiger partial charge in [-0.05, 0) is 63.2 Å². The molecule has 0 aliphatic rings. The van der Waals surface area contributed by atoms with Crippen LogP contribution in [0.5, 0.6) is 0 Å². The van der Waals surface area contributed by atoms with Gasteiger partial charge in [-0.1, -0.05) is 0 Å². The zero-order valence-corrected chi connectivity index (χ0v) is 20.2. The Hall–Kier alpha value is -5.15. The molecule has 12 heteroatoms. The maximum Gasteiger partial charge on any atom is 0.290 e. The summed E-state index contributed by atoms with van der Waals surface area (Å²) in [5.74, 6) is 1.71. The van der Waals surface area contributed by atoms with Crippen LogP contribution in [0.1, 0.15) is 35.5 Å². The van der Waals surface area contributed by atoms with E-state index in [-0.39, 0.29) is 6.47 Å². The number of hydrogen-bond acceptors (Lipinski definition) is 9. The highest BCUT2D eigenvalue weighted by atomic mass is 16.3. The Kier molecular flexibility index (Phi) is 7.17. The Morgan fingerprint density at radius 3 is 2.57 bits per heavy atom. The van der Waals surface area contributed by atoms with E-state index < -0.39 is 6.10 Å². The highest BCUT2D eigenvalue weighted by Crippen LogP contribution is 2.26. The maximum absolute atomic E-state index is 10.3. The number of aromatic nitrogens is 7. The van der Waals surface area contributed by atoms with Gasteiger partial charge in [-0.3, -0.25) is 9.36 Å². The van der Waals surface area contributed by atoms with E-state index in [2.05, 4.69) is 31.7 Å². The van der Waals surface area contributed by atoms with Crippen LogP contribution in [0, 0.1) is 25.2 Å². The molecule has 0 spiro atoms. The molecule has 1 unspecified atom stereocenters. The quantitative estimate of drug-likeness (QED) is 0.306. The predicted molar refractivity (Wildman–Crippen MR) is 135 cm³/mol. The van der Waals surface area contributed by atoms with Gasteiger partial charge in [0.05, 0.1) is 22.8 Å². The van der Waals surface area contributed by atoms with E-state index in [0.717, 1.165) is 28.0 Å². The Morgan fingerprint density at radius 2 is 1.92 bits per heavy atom. The molecule has 1 aromatic carbocycles. The molecule has 5 rings (SSSR count). The predicted octanol–water partition coefficient (Wildman–Crippen LogP) is 3.38. The fourth-order valence-electron chi connectivity index (χ4n) is 3.66. The first-order valence-electron chi connectivity index (χ1n) is 11.1. The molecule has 0 aliphatic heterocycles. The Labute approximate surface area is 211 Å². The normalized spacial score (nSPS) is 11.3. The summed E-state index contributed by atoms with van der Waals surface area (Å²) in [6.07, 6.45) is 2.67. The summed E-state index contributed by atoms with van der Waals surface area (Å²) in [5, 5.41) is 42.2. The topological polar surface area (TPSA) is 168 Å². The van der Waals surface area contributed by atoms with Gasteiger partial charge in [0.1, 0.15) is 18.2 Å². The van der Waals surface area contributed by atoms with E-state index in [4.69, 9.17) is 14.9 Å². The lowest BCUT2D eigenvalue weighted by Crippen LogP contribution is -2.09. The molecule has 186 valence electrons. The van der Waals surface area contributed by atoms with Crippen molar-refractivity contribution in [3.63, 3.8) is 0 Å². The molecule has 0 saturated carbocycles. The van der Waals surface area contributed by atoms with Crippen molar-refractivity contribution in [2.45, 2.75) is 26.9 Å².